The molecule has 0 aliphatic carbocycles. The van der Waals surface area contributed by atoms with Crippen LogP contribution >= 0.6 is 11.3 Å². The van der Waals surface area contributed by atoms with E-state index in [9.17, 15) is 9.59 Å². The van der Waals surface area contributed by atoms with Crippen LogP contribution in [0.1, 0.15) is 10.4 Å². The molecule has 1 amide bonds. The summed E-state index contributed by atoms with van der Waals surface area (Å²) in [6.45, 7) is 0.198. The summed E-state index contributed by atoms with van der Waals surface area (Å²) in [5.74, 6) is 0.679. The Hall–Kier alpha value is -3.39. The second-order valence-electron chi connectivity index (χ2n) is 6.02. The van der Waals surface area contributed by atoms with Gasteiger partial charge in [-0.15, -0.1) is 0 Å². The minimum absolute atomic E-state index is 0.0969. The Morgan fingerprint density at radius 3 is 2.78 bits per heavy atom. The lowest BCUT2D eigenvalue weighted by Gasteiger charge is -1.99. The average molecular weight is 380 g/mol. The Kier molecular flexibility index (Phi) is 3.41. The first-order valence-corrected chi connectivity index (χ1v) is 8.93. The number of amides is 1. The van der Waals surface area contributed by atoms with Crippen LogP contribution in [0.5, 0.6) is 11.5 Å². The first-order valence-electron chi connectivity index (χ1n) is 8.11. The third-order valence-corrected chi connectivity index (χ3v) is 5.47. The Balaban J connectivity index is 1.64. The zero-order chi connectivity index (χ0) is 18.5. The molecule has 0 saturated heterocycles. The number of hydrogen-bond acceptors (Lipinski definition) is 6. The Labute approximate surface area is 155 Å². The molecule has 134 valence electrons. The number of fused-ring (bicyclic) bond motifs is 3. The minimum Gasteiger partial charge on any atom is -0.454 e. The van der Waals surface area contributed by atoms with E-state index >= 15 is 0 Å². The van der Waals surface area contributed by atoms with Crippen molar-refractivity contribution < 1.29 is 18.7 Å². The number of carbonyl (C=O) groups is 1. The average Bonchev–Trinajstić information content (AvgIpc) is 3.23. The number of aryl methyl sites for hydroxylation is 1. The number of rotatable bonds is 1. The van der Waals surface area contributed by atoms with E-state index in [0.717, 1.165) is 10.2 Å². The third kappa shape index (κ3) is 2.53. The van der Waals surface area contributed by atoms with Gasteiger partial charge in [-0.25, -0.2) is 4.79 Å². The number of carbonyl (C=O) groups excluding carboxylic acids is 1. The number of para-hydroxylation sites is 1. The van der Waals surface area contributed by atoms with E-state index in [4.69, 9.17) is 13.9 Å². The number of benzene rings is 2. The van der Waals surface area contributed by atoms with Crippen molar-refractivity contribution in [3.8, 4) is 11.5 Å². The number of ether oxygens (including phenoxy) is 2. The van der Waals surface area contributed by atoms with E-state index in [1.165, 1.54) is 17.4 Å². The molecule has 1 aliphatic rings. The lowest BCUT2D eigenvalue weighted by atomic mass is 10.2. The maximum atomic E-state index is 12.6. The smallest absolute Gasteiger partial charge is 0.349 e. The highest BCUT2D eigenvalue weighted by atomic mass is 32.1. The number of nitrogens with zero attached hydrogens (tertiary/aromatic N) is 2. The second kappa shape index (κ2) is 5.82. The van der Waals surface area contributed by atoms with E-state index in [-0.39, 0.29) is 12.4 Å². The van der Waals surface area contributed by atoms with Gasteiger partial charge in [0.1, 0.15) is 11.1 Å². The number of hydrogen-bond donors (Lipinski definition) is 0. The fourth-order valence-electron chi connectivity index (χ4n) is 2.98. The van der Waals surface area contributed by atoms with Gasteiger partial charge in [-0.3, -0.25) is 4.79 Å². The van der Waals surface area contributed by atoms with Gasteiger partial charge in [0.2, 0.25) is 6.79 Å². The summed E-state index contributed by atoms with van der Waals surface area (Å²) < 4.78 is 18.7. The molecular formula is C19H12N2O5S. The fraction of sp³-hybridized carbons (Fsp3) is 0.105. The van der Waals surface area contributed by atoms with Crippen LogP contribution in [0.2, 0.25) is 0 Å². The van der Waals surface area contributed by atoms with Crippen molar-refractivity contribution in [1.29, 1.82) is 0 Å². The molecule has 2 aromatic carbocycles. The lowest BCUT2D eigenvalue weighted by Crippen LogP contribution is -2.17. The summed E-state index contributed by atoms with van der Waals surface area (Å²) >= 11 is 1.33. The van der Waals surface area contributed by atoms with E-state index in [0.29, 0.717) is 27.3 Å². The Bertz CT molecular complexity index is 1360. The molecule has 0 bridgehead atoms. The predicted molar refractivity (Wildman–Crippen MR) is 99.3 cm³/mol. The first-order chi connectivity index (χ1) is 13.1. The molecule has 1 aliphatic heterocycles. The van der Waals surface area contributed by atoms with Crippen LogP contribution in [0.25, 0.3) is 21.2 Å². The van der Waals surface area contributed by atoms with Gasteiger partial charge in [0.15, 0.2) is 16.3 Å². The molecule has 0 N–H and O–H groups in total. The second-order valence-corrected chi connectivity index (χ2v) is 7.03. The fourth-order valence-corrected chi connectivity index (χ4v) is 4.01. The molecule has 7 nitrogen and oxygen atoms in total. The van der Waals surface area contributed by atoms with Gasteiger partial charge >= 0.3 is 5.63 Å². The lowest BCUT2D eigenvalue weighted by molar-refractivity contribution is 0.0994. The van der Waals surface area contributed by atoms with Crippen LogP contribution in [0.15, 0.2) is 56.7 Å². The molecule has 0 spiro atoms. The van der Waals surface area contributed by atoms with Crippen molar-refractivity contribution in [1.82, 2.24) is 4.57 Å². The molecule has 0 saturated carbocycles. The van der Waals surface area contributed by atoms with Crippen molar-refractivity contribution in [3.63, 3.8) is 0 Å². The van der Waals surface area contributed by atoms with E-state index in [1.54, 1.807) is 29.8 Å². The predicted octanol–water partition coefficient (Wildman–Crippen LogP) is 2.82. The van der Waals surface area contributed by atoms with Gasteiger partial charge in [-0.1, -0.05) is 29.5 Å². The molecule has 5 rings (SSSR count). The summed E-state index contributed by atoms with van der Waals surface area (Å²) in [5.41, 5.74) is 0.495. The normalized spacial score (nSPS) is 13.6. The molecule has 2 aromatic heterocycles. The summed E-state index contributed by atoms with van der Waals surface area (Å²) in [6.07, 6.45) is 0. The first kappa shape index (κ1) is 15.8. The summed E-state index contributed by atoms with van der Waals surface area (Å²) in [5, 5.41) is 0.669. The van der Waals surface area contributed by atoms with Gasteiger partial charge in [-0.2, -0.15) is 4.99 Å². The van der Waals surface area contributed by atoms with Crippen LogP contribution in [0, 0.1) is 0 Å². The summed E-state index contributed by atoms with van der Waals surface area (Å²) in [6, 6.07) is 12.2. The van der Waals surface area contributed by atoms with E-state index < -0.39 is 11.5 Å². The summed E-state index contributed by atoms with van der Waals surface area (Å²) in [4.78, 5) is 29.4. The van der Waals surface area contributed by atoms with Gasteiger partial charge in [0.25, 0.3) is 5.91 Å². The molecule has 8 heteroatoms. The van der Waals surface area contributed by atoms with Gasteiger partial charge in [-0.05, 0) is 12.1 Å². The van der Waals surface area contributed by atoms with Crippen LogP contribution < -0.4 is 19.9 Å². The van der Waals surface area contributed by atoms with Crippen molar-refractivity contribution >= 4 is 38.4 Å². The zero-order valence-corrected chi connectivity index (χ0v) is 14.9. The Morgan fingerprint density at radius 1 is 1.15 bits per heavy atom. The van der Waals surface area contributed by atoms with Crippen LogP contribution in [-0.4, -0.2) is 17.3 Å². The molecule has 0 fully saturated rings. The molecule has 3 heterocycles. The van der Waals surface area contributed by atoms with Crippen molar-refractivity contribution in [2.24, 2.45) is 12.0 Å². The maximum Gasteiger partial charge on any atom is 0.349 e. The zero-order valence-electron chi connectivity index (χ0n) is 14.1. The van der Waals surface area contributed by atoms with Gasteiger partial charge < -0.3 is 18.5 Å². The van der Waals surface area contributed by atoms with Crippen molar-refractivity contribution in [2.45, 2.75) is 0 Å². The topological polar surface area (TPSA) is 83.0 Å². The van der Waals surface area contributed by atoms with E-state index in [2.05, 4.69) is 4.99 Å². The molecule has 4 aromatic rings. The molecule has 0 radical (unpaired) electrons. The van der Waals surface area contributed by atoms with Gasteiger partial charge in [0, 0.05) is 24.6 Å². The summed E-state index contributed by atoms with van der Waals surface area (Å²) in [7, 11) is 1.80. The van der Waals surface area contributed by atoms with Crippen molar-refractivity contribution in [2.75, 3.05) is 6.79 Å². The molecule has 27 heavy (non-hydrogen) atoms. The largest absolute Gasteiger partial charge is 0.454 e. The highest BCUT2D eigenvalue weighted by Crippen LogP contribution is 2.36. The quantitative estimate of drug-likeness (QED) is 0.474. The van der Waals surface area contributed by atoms with Crippen LogP contribution in [0.3, 0.4) is 0 Å². The standard InChI is InChI=1S/C19H12N2O5S/c1-21-12-7-14-15(25-9-24-14)8-16(12)27-19(21)20-17(22)11-6-10-4-2-3-5-13(10)26-18(11)23/h2-8H,9H2,1H3. The van der Waals surface area contributed by atoms with Gasteiger partial charge in [0.05, 0.1) is 10.2 Å². The highest BCUT2D eigenvalue weighted by molar-refractivity contribution is 7.16. The maximum absolute atomic E-state index is 12.6. The molecule has 0 atom stereocenters. The molecular weight excluding hydrogens is 368 g/mol. The molecule has 0 unspecified atom stereocenters. The van der Waals surface area contributed by atoms with Crippen LogP contribution in [0.4, 0.5) is 0 Å². The number of aromatic nitrogens is 1. The van der Waals surface area contributed by atoms with Crippen LogP contribution in [-0.2, 0) is 7.05 Å². The van der Waals surface area contributed by atoms with Crippen molar-refractivity contribution in [3.05, 3.63) is 63.2 Å². The third-order valence-electron chi connectivity index (χ3n) is 4.37. The van der Waals surface area contributed by atoms with E-state index in [1.807, 2.05) is 18.2 Å². The SMILES string of the molecule is Cn1c(=NC(=O)c2cc3ccccc3oc2=O)sc2cc3c(cc21)OCO3. The monoisotopic (exact) mass is 380 g/mol. The number of thiazole rings is 1. The Morgan fingerprint density at radius 2 is 1.93 bits per heavy atom. The highest BCUT2D eigenvalue weighted by Gasteiger charge is 2.18. The minimum atomic E-state index is -0.702.